The topological polar surface area (TPSA) is 70.7 Å². The lowest BCUT2D eigenvalue weighted by Crippen LogP contribution is -2.36. The van der Waals surface area contributed by atoms with Crippen molar-refractivity contribution in [1.82, 2.24) is 5.43 Å². The second kappa shape index (κ2) is 9.70. The summed E-state index contributed by atoms with van der Waals surface area (Å²) in [4.78, 5) is 26.4. The largest absolute Gasteiger partial charge is 0.489 e. The van der Waals surface area contributed by atoms with Crippen LogP contribution in [0.1, 0.15) is 12.0 Å². The first kappa shape index (κ1) is 21.6. The first-order chi connectivity index (χ1) is 15.5. The van der Waals surface area contributed by atoms with Crippen LogP contribution < -0.4 is 20.5 Å². The number of carbonyl (C=O) groups excluding carboxylic acids is 2. The molecule has 0 bridgehead atoms. The summed E-state index contributed by atoms with van der Waals surface area (Å²) in [7, 11) is 0. The molecule has 6 nitrogen and oxygen atoms in total. The molecule has 0 aromatic heterocycles. The summed E-state index contributed by atoms with van der Waals surface area (Å²) in [6.07, 6.45) is 0.0924. The van der Waals surface area contributed by atoms with E-state index in [0.717, 1.165) is 5.56 Å². The van der Waals surface area contributed by atoms with E-state index >= 15 is 0 Å². The van der Waals surface area contributed by atoms with Crippen LogP contribution in [-0.4, -0.2) is 18.4 Å². The summed E-state index contributed by atoms with van der Waals surface area (Å²) in [6.45, 7) is 0.624. The molecular formula is C24H21ClFN3O3. The minimum absolute atomic E-state index is 0.0924. The van der Waals surface area contributed by atoms with Crippen molar-refractivity contribution in [2.75, 3.05) is 16.9 Å². The lowest BCUT2D eigenvalue weighted by Gasteiger charge is -2.17. The number of benzene rings is 3. The van der Waals surface area contributed by atoms with Crippen LogP contribution in [0.3, 0.4) is 0 Å². The van der Waals surface area contributed by atoms with Crippen molar-refractivity contribution in [3.63, 3.8) is 0 Å². The highest BCUT2D eigenvalue weighted by atomic mass is 35.5. The van der Waals surface area contributed by atoms with E-state index in [4.69, 9.17) is 16.3 Å². The van der Waals surface area contributed by atoms with E-state index in [0.29, 0.717) is 28.8 Å². The van der Waals surface area contributed by atoms with Gasteiger partial charge in [0.25, 0.3) is 0 Å². The summed E-state index contributed by atoms with van der Waals surface area (Å²) in [5.74, 6) is -0.717. The van der Waals surface area contributed by atoms with Gasteiger partial charge < -0.3 is 9.64 Å². The van der Waals surface area contributed by atoms with Crippen molar-refractivity contribution >= 4 is 34.8 Å². The zero-order chi connectivity index (χ0) is 22.5. The number of ether oxygens (including phenoxy) is 1. The monoisotopic (exact) mass is 453 g/mol. The van der Waals surface area contributed by atoms with Crippen molar-refractivity contribution in [2.24, 2.45) is 5.92 Å². The number of amides is 2. The molecule has 1 saturated heterocycles. The van der Waals surface area contributed by atoms with E-state index in [1.54, 1.807) is 30.3 Å². The first-order valence-corrected chi connectivity index (χ1v) is 10.4. The number of nitrogens with zero attached hydrogens (tertiary/aromatic N) is 1. The maximum absolute atomic E-state index is 13.1. The summed E-state index contributed by atoms with van der Waals surface area (Å²) in [6, 6.07) is 20.2. The summed E-state index contributed by atoms with van der Waals surface area (Å²) >= 11 is 5.89. The maximum atomic E-state index is 13.1. The predicted molar refractivity (Wildman–Crippen MR) is 121 cm³/mol. The molecule has 0 aliphatic carbocycles. The summed E-state index contributed by atoms with van der Waals surface area (Å²) in [5, 5.41) is 0.667. The van der Waals surface area contributed by atoms with Gasteiger partial charge in [-0.05, 0) is 54.1 Å². The van der Waals surface area contributed by atoms with Gasteiger partial charge in [-0.25, -0.2) is 4.39 Å². The number of halogens is 2. The molecule has 1 heterocycles. The van der Waals surface area contributed by atoms with Crippen molar-refractivity contribution in [1.29, 1.82) is 0 Å². The van der Waals surface area contributed by atoms with Gasteiger partial charge in [-0.15, -0.1) is 0 Å². The van der Waals surface area contributed by atoms with Crippen molar-refractivity contribution in [3.05, 3.63) is 89.2 Å². The van der Waals surface area contributed by atoms with Crippen LogP contribution in [0.4, 0.5) is 15.8 Å². The van der Waals surface area contributed by atoms with Gasteiger partial charge in [-0.1, -0.05) is 29.8 Å². The molecule has 3 aromatic carbocycles. The van der Waals surface area contributed by atoms with Crippen LogP contribution in [-0.2, 0) is 16.2 Å². The molecule has 1 aliphatic heterocycles. The van der Waals surface area contributed by atoms with Crippen LogP contribution >= 0.6 is 11.6 Å². The van der Waals surface area contributed by atoms with Gasteiger partial charge in [-0.2, -0.15) is 0 Å². The van der Waals surface area contributed by atoms with Crippen LogP contribution in [0, 0.1) is 11.7 Å². The average Bonchev–Trinajstić information content (AvgIpc) is 3.19. The molecule has 4 rings (SSSR count). The number of hydrogen-bond acceptors (Lipinski definition) is 4. The maximum Gasteiger partial charge on any atom is 0.243 e. The molecule has 1 atom stereocenters. The third kappa shape index (κ3) is 5.36. The van der Waals surface area contributed by atoms with E-state index < -0.39 is 5.92 Å². The fourth-order valence-electron chi connectivity index (χ4n) is 3.40. The van der Waals surface area contributed by atoms with Crippen LogP contribution in [0.25, 0.3) is 0 Å². The number of anilines is 2. The Morgan fingerprint density at radius 1 is 1.09 bits per heavy atom. The Hall–Kier alpha value is -3.58. The summed E-state index contributed by atoms with van der Waals surface area (Å²) in [5.41, 5.74) is 7.72. The van der Waals surface area contributed by atoms with Gasteiger partial charge >= 0.3 is 0 Å². The van der Waals surface area contributed by atoms with Gasteiger partial charge in [0.05, 0.1) is 11.6 Å². The van der Waals surface area contributed by atoms with Crippen molar-refractivity contribution < 1.29 is 18.7 Å². The zero-order valence-electron chi connectivity index (χ0n) is 17.1. The van der Waals surface area contributed by atoms with Crippen molar-refractivity contribution in [2.45, 2.75) is 13.0 Å². The Balaban J connectivity index is 1.30. The molecule has 0 spiro atoms. The highest BCUT2D eigenvalue weighted by Crippen LogP contribution is 2.25. The standard InChI is InChI=1S/C24H21ClFN3O3/c25-18-6-4-16(5-7-18)15-32-22-3-1-2-20(13-22)27-28-24(31)17-12-23(30)29(14-17)21-10-8-19(26)9-11-21/h1-11,13,17,27H,12,14-15H2,(H,28,31)/t17-/m1/s1. The molecule has 0 saturated carbocycles. The second-order valence-corrected chi connectivity index (χ2v) is 7.88. The molecule has 2 N–H and O–H groups in total. The number of carbonyl (C=O) groups is 2. The van der Waals surface area contributed by atoms with Gasteiger partial charge in [0, 0.05) is 29.7 Å². The van der Waals surface area contributed by atoms with E-state index in [1.165, 1.54) is 29.2 Å². The number of hydrazine groups is 1. The Bertz CT molecular complexity index is 1110. The fraction of sp³-hybridized carbons (Fsp3) is 0.167. The Kier molecular flexibility index (Phi) is 6.56. The number of rotatable bonds is 7. The minimum atomic E-state index is -0.510. The lowest BCUT2D eigenvalue weighted by atomic mass is 10.1. The quantitative estimate of drug-likeness (QED) is 0.515. The van der Waals surface area contributed by atoms with Gasteiger partial charge in [0.2, 0.25) is 11.8 Å². The molecule has 0 radical (unpaired) electrons. The van der Waals surface area contributed by atoms with Gasteiger partial charge in [0.15, 0.2) is 0 Å². The summed E-state index contributed by atoms with van der Waals surface area (Å²) < 4.78 is 18.9. The molecule has 1 fully saturated rings. The van der Waals surface area contributed by atoms with Crippen LogP contribution in [0.2, 0.25) is 5.02 Å². The van der Waals surface area contributed by atoms with Gasteiger partial charge in [-0.3, -0.25) is 20.4 Å². The minimum Gasteiger partial charge on any atom is -0.489 e. The SMILES string of the molecule is O=C(NNc1cccc(OCc2ccc(Cl)cc2)c1)[C@@H]1CC(=O)N(c2ccc(F)cc2)C1. The van der Waals surface area contributed by atoms with Crippen LogP contribution in [0.5, 0.6) is 5.75 Å². The Morgan fingerprint density at radius 2 is 1.84 bits per heavy atom. The first-order valence-electron chi connectivity index (χ1n) is 10.1. The number of hydrogen-bond donors (Lipinski definition) is 2. The second-order valence-electron chi connectivity index (χ2n) is 7.44. The van der Waals surface area contributed by atoms with E-state index in [2.05, 4.69) is 10.9 Å². The lowest BCUT2D eigenvalue weighted by molar-refractivity contribution is -0.125. The molecule has 32 heavy (non-hydrogen) atoms. The highest BCUT2D eigenvalue weighted by molar-refractivity contribution is 6.30. The van der Waals surface area contributed by atoms with Crippen molar-refractivity contribution in [3.8, 4) is 5.75 Å². The molecule has 8 heteroatoms. The molecule has 0 unspecified atom stereocenters. The normalized spacial score (nSPS) is 15.5. The zero-order valence-corrected chi connectivity index (χ0v) is 17.8. The third-order valence-corrected chi connectivity index (χ3v) is 5.37. The smallest absolute Gasteiger partial charge is 0.243 e. The molecular weight excluding hydrogens is 433 g/mol. The predicted octanol–water partition coefficient (Wildman–Crippen LogP) is 4.55. The van der Waals surface area contributed by atoms with E-state index in [-0.39, 0.29) is 30.6 Å². The molecule has 3 aromatic rings. The Labute approximate surface area is 189 Å². The fourth-order valence-corrected chi connectivity index (χ4v) is 3.53. The third-order valence-electron chi connectivity index (χ3n) is 5.12. The molecule has 1 aliphatic rings. The van der Waals surface area contributed by atoms with Crippen LogP contribution in [0.15, 0.2) is 72.8 Å². The Morgan fingerprint density at radius 3 is 2.59 bits per heavy atom. The van der Waals surface area contributed by atoms with Gasteiger partial charge in [0.1, 0.15) is 18.2 Å². The molecule has 2 amide bonds. The molecule has 164 valence electrons. The average molecular weight is 454 g/mol. The highest BCUT2D eigenvalue weighted by Gasteiger charge is 2.35. The van der Waals surface area contributed by atoms with E-state index in [9.17, 15) is 14.0 Å². The van der Waals surface area contributed by atoms with E-state index in [1.807, 2.05) is 18.2 Å². The number of nitrogens with one attached hydrogen (secondary N) is 2.